The first kappa shape index (κ1) is 17.3. The van der Waals surface area contributed by atoms with Gasteiger partial charge in [-0.25, -0.2) is 14.4 Å². The van der Waals surface area contributed by atoms with Crippen molar-refractivity contribution in [3.8, 4) is 0 Å². The van der Waals surface area contributed by atoms with Crippen LogP contribution in [0.4, 0.5) is 4.39 Å². The Morgan fingerprint density at radius 1 is 1.11 bits per heavy atom. The number of carbonyl (C=O) groups is 1. The molecule has 0 bridgehead atoms. The maximum Gasteiger partial charge on any atom is 0.223 e. The fraction of sp³-hybridized carbons (Fsp3) is 0.227. The number of amides is 1. The van der Waals surface area contributed by atoms with Gasteiger partial charge in [-0.1, -0.05) is 36.4 Å². The summed E-state index contributed by atoms with van der Waals surface area (Å²) in [7, 11) is 0. The Balaban J connectivity index is 1.35. The molecule has 136 valence electrons. The van der Waals surface area contributed by atoms with Crippen LogP contribution < -0.4 is 0 Å². The van der Waals surface area contributed by atoms with Crippen molar-refractivity contribution in [3.05, 3.63) is 78.0 Å². The van der Waals surface area contributed by atoms with Gasteiger partial charge in [-0.15, -0.1) is 0 Å². The molecule has 0 N–H and O–H groups in total. The lowest BCUT2D eigenvalue weighted by Crippen LogP contribution is -2.34. The minimum atomic E-state index is -0.233. The highest BCUT2D eigenvalue weighted by molar-refractivity contribution is 5.79. The van der Waals surface area contributed by atoms with Gasteiger partial charge in [0.25, 0.3) is 0 Å². The first-order valence-electron chi connectivity index (χ1n) is 9.12. The maximum atomic E-state index is 13.1. The molecule has 1 amide bonds. The molecule has 2 heterocycles. The molecular weight excluding hydrogens is 341 g/mol. The molecule has 0 unspecified atom stereocenters. The van der Waals surface area contributed by atoms with Crippen molar-refractivity contribution >= 4 is 22.4 Å². The highest BCUT2D eigenvalue weighted by Gasteiger charge is 2.18. The van der Waals surface area contributed by atoms with Crippen molar-refractivity contribution in [2.45, 2.75) is 19.3 Å². The number of aryl methyl sites for hydroxylation is 1. The van der Waals surface area contributed by atoms with E-state index in [0.29, 0.717) is 31.8 Å². The van der Waals surface area contributed by atoms with E-state index in [4.69, 9.17) is 0 Å². The zero-order valence-electron chi connectivity index (χ0n) is 14.9. The number of nitrogens with zero attached hydrogens (tertiary/aromatic N) is 3. The zero-order valence-corrected chi connectivity index (χ0v) is 14.9. The predicted octanol–water partition coefficient (Wildman–Crippen LogP) is 4.02. The van der Waals surface area contributed by atoms with Crippen molar-refractivity contribution in [1.82, 2.24) is 14.9 Å². The Bertz CT molecular complexity index is 998. The van der Waals surface area contributed by atoms with Gasteiger partial charge in [0.2, 0.25) is 5.91 Å². The highest BCUT2D eigenvalue weighted by Crippen LogP contribution is 2.23. The Morgan fingerprint density at radius 2 is 1.93 bits per heavy atom. The van der Waals surface area contributed by atoms with Gasteiger partial charge >= 0.3 is 0 Å². The molecule has 5 heteroatoms. The Hall–Kier alpha value is -3.08. The summed E-state index contributed by atoms with van der Waals surface area (Å²) < 4.78 is 13.1. The average molecular weight is 361 g/mol. The minimum Gasteiger partial charge on any atom is -0.339 e. The molecule has 0 fully saturated rings. The van der Waals surface area contributed by atoms with Gasteiger partial charge in [-0.05, 0) is 35.8 Å². The van der Waals surface area contributed by atoms with Crippen molar-refractivity contribution in [1.29, 1.82) is 0 Å². The van der Waals surface area contributed by atoms with E-state index in [2.05, 4.69) is 16.0 Å². The second-order valence-corrected chi connectivity index (χ2v) is 6.67. The van der Waals surface area contributed by atoms with E-state index >= 15 is 0 Å². The Morgan fingerprint density at radius 3 is 2.70 bits per heavy atom. The molecule has 3 aromatic rings. The molecule has 0 atom stereocenters. The molecule has 0 saturated heterocycles. The lowest BCUT2D eigenvalue weighted by Gasteiger charge is -2.26. The van der Waals surface area contributed by atoms with Crippen molar-refractivity contribution in [2.24, 2.45) is 0 Å². The summed E-state index contributed by atoms with van der Waals surface area (Å²) in [5, 5.41) is 1.00. The molecular formula is C22H20FN3O. The third kappa shape index (κ3) is 4.03. The topological polar surface area (TPSA) is 46.1 Å². The second kappa shape index (κ2) is 7.66. The van der Waals surface area contributed by atoms with Crippen molar-refractivity contribution in [3.63, 3.8) is 0 Å². The molecule has 1 aliphatic rings. The number of halogens is 1. The largest absolute Gasteiger partial charge is 0.339 e. The normalized spacial score (nSPS) is 14.3. The van der Waals surface area contributed by atoms with Crippen LogP contribution in [0.5, 0.6) is 0 Å². The number of carbonyl (C=O) groups excluding carboxylic acids is 1. The van der Waals surface area contributed by atoms with Crippen LogP contribution in [0.2, 0.25) is 0 Å². The zero-order chi connectivity index (χ0) is 18.6. The van der Waals surface area contributed by atoms with Gasteiger partial charge in [0, 0.05) is 37.5 Å². The summed E-state index contributed by atoms with van der Waals surface area (Å²) in [6.07, 6.45) is 5.58. The summed E-state index contributed by atoms with van der Waals surface area (Å²) in [6, 6.07) is 14.3. The quantitative estimate of drug-likeness (QED) is 0.705. The van der Waals surface area contributed by atoms with Crippen LogP contribution in [0.3, 0.4) is 0 Å². The number of hydrogen-bond donors (Lipinski definition) is 0. The van der Waals surface area contributed by atoms with Crippen LogP contribution in [-0.2, 0) is 11.2 Å². The number of rotatable bonds is 4. The third-order valence-corrected chi connectivity index (χ3v) is 4.88. The molecule has 27 heavy (non-hydrogen) atoms. The standard InChI is InChI=1S/C22H20FN3O/c23-19-7-5-16(6-8-19)17-11-13-26(14-12-17)22(27)10-9-21-24-15-18-3-1-2-4-20(18)25-21/h1-8,11,15H,9-10,12-14H2. The van der Waals surface area contributed by atoms with Crippen molar-refractivity contribution in [2.75, 3.05) is 13.1 Å². The molecule has 2 aromatic carbocycles. The first-order valence-corrected chi connectivity index (χ1v) is 9.12. The number of para-hydroxylation sites is 1. The van der Waals surface area contributed by atoms with E-state index in [1.165, 1.54) is 12.1 Å². The first-order chi connectivity index (χ1) is 13.2. The molecule has 0 saturated carbocycles. The fourth-order valence-corrected chi connectivity index (χ4v) is 3.33. The minimum absolute atomic E-state index is 0.112. The summed E-state index contributed by atoms with van der Waals surface area (Å²) in [4.78, 5) is 23.3. The van der Waals surface area contributed by atoms with E-state index < -0.39 is 0 Å². The van der Waals surface area contributed by atoms with E-state index in [0.717, 1.165) is 28.5 Å². The summed E-state index contributed by atoms with van der Waals surface area (Å²) in [6.45, 7) is 1.27. The van der Waals surface area contributed by atoms with Crippen LogP contribution in [0.25, 0.3) is 16.5 Å². The van der Waals surface area contributed by atoms with Crippen LogP contribution in [0, 0.1) is 5.82 Å². The molecule has 4 nitrogen and oxygen atoms in total. The number of hydrogen-bond acceptors (Lipinski definition) is 3. The summed E-state index contributed by atoms with van der Waals surface area (Å²) in [5.74, 6) is 0.575. The second-order valence-electron chi connectivity index (χ2n) is 6.67. The van der Waals surface area contributed by atoms with Crippen LogP contribution in [-0.4, -0.2) is 33.9 Å². The monoisotopic (exact) mass is 361 g/mol. The highest BCUT2D eigenvalue weighted by atomic mass is 19.1. The molecule has 4 rings (SSSR count). The lowest BCUT2D eigenvalue weighted by molar-refractivity contribution is -0.130. The fourth-order valence-electron chi connectivity index (χ4n) is 3.33. The van der Waals surface area contributed by atoms with Gasteiger partial charge in [0.15, 0.2) is 0 Å². The van der Waals surface area contributed by atoms with Crippen LogP contribution in [0.1, 0.15) is 24.2 Å². The predicted molar refractivity (Wildman–Crippen MR) is 103 cm³/mol. The van der Waals surface area contributed by atoms with E-state index in [1.807, 2.05) is 29.2 Å². The molecule has 0 radical (unpaired) electrons. The van der Waals surface area contributed by atoms with E-state index in [-0.39, 0.29) is 11.7 Å². The third-order valence-electron chi connectivity index (χ3n) is 4.88. The van der Waals surface area contributed by atoms with Gasteiger partial charge in [0.05, 0.1) is 5.52 Å². The van der Waals surface area contributed by atoms with Crippen molar-refractivity contribution < 1.29 is 9.18 Å². The SMILES string of the molecule is O=C(CCc1ncc2ccccc2n1)N1CC=C(c2ccc(F)cc2)CC1. The number of fused-ring (bicyclic) bond motifs is 1. The summed E-state index contributed by atoms with van der Waals surface area (Å²) >= 11 is 0. The van der Waals surface area contributed by atoms with Crippen LogP contribution >= 0.6 is 0 Å². The number of benzene rings is 2. The van der Waals surface area contributed by atoms with Gasteiger partial charge in [0.1, 0.15) is 11.6 Å². The Labute approximate surface area is 157 Å². The molecule has 0 spiro atoms. The van der Waals surface area contributed by atoms with E-state index in [1.54, 1.807) is 18.3 Å². The van der Waals surface area contributed by atoms with Gasteiger partial charge < -0.3 is 4.90 Å². The van der Waals surface area contributed by atoms with Gasteiger partial charge in [-0.2, -0.15) is 0 Å². The Kier molecular flexibility index (Phi) is 4.92. The lowest BCUT2D eigenvalue weighted by atomic mass is 9.99. The van der Waals surface area contributed by atoms with Gasteiger partial charge in [-0.3, -0.25) is 4.79 Å². The summed E-state index contributed by atoms with van der Waals surface area (Å²) in [5.41, 5.74) is 3.09. The average Bonchev–Trinajstić information content (AvgIpc) is 2.72. The molecule has 1 aliphatic heterocycles. The van der Waals surface area contributed by atoms with E-state index in [9.17, 15) is 9.18 Å². The van der Waals surface area contributed by atoms with Crippen LogP contribution in [0.15, 0.2) is 60.8 Å². The number of aromatic nitrogens is 2. The maximum absolute atomic E-state index is 13.1. The smallest absolute Gasteiger partial charge is 0.223 e. The molecule has 0 aliphatic carbocycles. The molecule has 1 aromatic heterocycles.